The third kappa shape index (κ3) is 2.75. The summed E-state index contributed by atoms with van der Waals surface area (Å²) in [5, 5.41) is 0. The van der Waals surface area contributed by atoms with E-state index in [4.69, 9.17) is 0 Å². The normalized spacial score (nSPS) is 20.3. The van der Waals surface area contributed by atoms with E-state index in [0.717, 1.165) is 31.8 Å². The van der Waals surface area contributed by atoms with E-state index < -0.39 is 0 Å². The van der Waals surface area contributed by atoms with Gasteiger partial charge in [-0.2, -0.15) is 0 Å². The molecule has 92 valence electrons. The standard InChI is InChI=1S/C13H19N3O/c1-3-13(17)16-7-4-5-11(10-16)9-12-14-6-8-15(12)2/h3,6,8,11H,1,4-5,7,9-10H2,2H3/t11-/m1/s1. The number of likely N-dealkylation sites (tertiary alicyclic amines) is 1. The molecule has 0 aromatic carbocycles. The van der Waals surface area contributed by atoms with E-state index in [1.807, 2.05) is 28.9 Å². The van der Waals surface area contributed by atoms with Crippen molar-refractivity contribution in [1.29, 1.82) is 0 Å². The number of hydrogen-bond acceptors (Lipinski definition) is 2. The molecular weight excluding hydrogens is 214 g/mol. The van der Waals surface area contributed by atoms with E-state index >= 15 is 0 Å². The van der Waals surface area contributed by atoms with E-state index in [1.54, 1.807) is 0 Å². The molecule has 1 aliphatic rings. The molecule has 1 aromatic rings. The van der Waals surface area contributed by atoms with Crippen molar-refractivity contribution in [3.8, 4) is 0 Å². The molecule has 0 aliphatic carbocycles. The molecule has 0 saturated carbocycles. The third-order valence-corrected chi connectivity index (χ3v) is 3.40. The van der Waals surface area contributed by atoms with Gasteiger partial charge in [-0.3, -0.25) is 4.79 Å². The topological polar surface area (TPSA) is 38.1 Å². The molecule has 2 rings (SSSR count). The third-order valence-electron chi connectivity index (χ3n) is 3.40. The van der Waals surface area contributed by atoms with Gasteiger partial charge in [-0.1, -0.05) is 6.58 Å². The molecule has 4 nitrogen and oxygen atoms in total. The van der Waals surface area contributed by atoms with Crippen molar-refractivity contribution in [2.45, 2.75) is 19.3 Å². The van der Waals surface area contributed by atoms with Gasteiger partial charge in [-0.25, -0.2) is 4.98 Å². The summed E-state index contributed by atoms with van der Waals surface area (Å²) in [6.07, 6.45) is 8.39. The van der Waals surface area contributed by atoms with E-state index in [1.165, 1.54) is 12.5 Å². The lowest BCUT2D eigenvalue weighted by molar-refractivity contribution is -0.127. The molecule has 4 heteroatoms. The van der Waals surface area contributed by atoms with Crippen LogP contribution < -0.4 is 0 Å². The Labute approximate surface area is 102 Å². The molecule has 17 heavy (non-hydrogen) atoms. The Bertz CT molecular complexity index is 411. The van der Waals surface area contributed by atoms with Crippen LogP contribution in [0.4, 0.5) is 0 Å². The lowest BCUT2D eigenvalue weighted by Crippen LogP contribution is -2.39. The molecule has 2 heterocycles. The number of carbonyl (C=O) groups is 1. The van der Waals surface area contributed by atoms with Crippen molar-refractivity contribution in [2.75, 3.05) is 13.1 Å². The van der Waals surface area contributed by atoms with Gasteiger partial charge in [-0.15, -0.1) is 0 Å². The number of amides is 1. The lowest BCUT2D eigenvalue weighted by Gasteiger charge is -2.31. The molecule has 1 aromatic heterocycles. The van der Waals surface area contributed by atoms with Gasteiger partial charge in [0.15, 0.2) is 0 Å². The van der Waals surface area contributed by atoms with Gasteiger partial charge in [0.2, 0.25) is 5.91 Å². The number of carbonyl (C=O) groups excluding carboxylic acids is 1. The zero-order valence-electron chi connectivity index (χ0n) is 10.3. The minimum Gasteiger partial charge on any atom is -0.339 e. The molecule has 1 amide bonds. The number of rotatable bonds is 3. The molecule has 1 atom stereocenters. The Morgan fingerprint density at radius 2 is 2.53 bits per heavy atom. The van der Waals surface area contributed by atoms with Crippen molar-refractivity contribution < 1.29 is 4.79 Å². The highest BCUT2D eigenvalue weighted by atomic mass is 16.2. The van der Waals surface area contributed by atoms with Crippen molar-refractivity contribution in [1.82, 2.24) is 14.5 Å². The Balaban J connectivity index is 1.96. The fourth-order valence-corrected chi connectivity index (χ4v) is 2.41. The van der Waals surface area contributed by atoms with Crippen molar-refractivity contribution in [2.24, 2.45) is 13.0 Å². The molecule has 1 saturated heterocycles. The summed E-state index contributed by atoms with van der Waals surface area (Å²) >= 11 is 0. The quantitative estimate of drug-likeness (QED) is 0.740. The molecule has 0 N–H and O–H groups in total. The van der Waals surface area contributed by atoms with E-state index in [2.05, 4.69) is 11.6 Å². The zero-order valence-corrected chi connectivity index (χ0v) is 10.3. The minimum atomic E-state index is 0.0505. The maximum absolute atomic E-state index is 11.6. The average molecular weight is 233 g/mol. The summed E-state index contributed by atoms with van der Waals surface area (Å²) in [6.45, 7) is 5.24. The van der Waals surface area contributed by atoms with Crippen molar-refractivity contribution in [3.63, 3.8) is 0 Å². The van der Waals surface area contributed by atoms with E-state index in [-0.39, 0.29) is 5.91 Å². The largest absolute Gasteiger partial charge is 0.339 e. The molecule has 1 aliphatic heterocycles. The second-order valence-corrected chi connectivity index (χ2v) is 4.66. The van der Waals surface area contributed by atoms with Gasteiger partial charge in [0.25, 0.3) is 0 Å². The summed E-state index contributed by atoms with van der Waals surface area (Å²) in [5.74, 6) is 1.67. The van der Waals surface area contributed by atoms with Crippen LogP contribution in [-0.4, -0.2) is 33.4 Å². The number of nitrogens with zero attached hydrogens (tertiary/aromatic N) is 3. The van der Waals surface area contributed by atoms with Crippen LogP contribution in [0.15, 0.2) is 25.0 Å². The summed E-state index contributed by atoms with van der Waals surface area (Å²) in [6, 6.07) is 0. The van der Waals surface area contributed by atoms with Gasteiger partial charge in [0, 0.05) is 39.0 Å². The number of aromatic nitrogens is 2. The summed E-state index contributed by atoms with van der Waals surface area (Å²) in [5.41, 5.74) is 0. The molecule has 1 fully saturated rings. The highest BCUT2D eigenvalue weighted by Crippen LogP contribution is 2.20. The van der Waals surface area contributed by atoms with Gasteiger partial charge < -0.3 is 9.47 Å². The van der Waals surface area contributed by atoms with Crippen LogP contribution in [0.25, 0.3) is 0 Å². The van der Waals surface area contributed by atoms with E-state index in [9.17, 15) is 4.79 Å². The SMILES string of the molecule is C=CC(=O)N1CCC[C@H](Cc2nccn2C)C1. The van der Waals surface area contributed by atoms with Crippen LogP contribution in [0.5, 0.6) is 0 Å². The second kappa shape index (κ2) is 5.17. The van der Waals surface area contributed by atoms with Crippen LogP contribution in [0.2, 0.25) is 0 Å². The first kappa shape index (κ1) is 11.9. The lowest BCUT2D eigenvalue weighted by atomic mass is 9.94. The zero-order chi connectivity index (χ0) is 12.3. The summed E-state index contributed by atoms with van der Waals surface area (Å²) in [7, 11) is 2.01. The van der Waals surface area contributed by atoms with Gasteiger partial charge in [0.05, 0.1) is 0 Å². The van der Waals surface area contributed by atoms with Crippen molar-refractivity contribution in [3.05, 3.63) is 30.9 Å². The van der Waals surface area contributed by atoms with Crippen LogP contribution >= 0.6 is 0 Å². The molecule has 0 bridgehead atoms. The predicted octanol–water partition coefficient (Wildman–Crippen LogP) is 1.39. The number of imidazole rings is 1. The molecular formula is C13H19N3O. The fourth-order valence-electron chi connectivity index (χ4n) is 2.41. The fraction of sp³-hybridized carbons (Fsp3) is 0.538. The highest BCUT2D eigenvalue weighted by Gasteiger charge is 2.23. The van der Waals surface area contributed by atoms with Gasteiger partial charge >= 0.3 is 0 Å². The van der Waals surface area contributed by atoms with Crippen LogP contribution in [0, 0.1) is 5.92 Å². The summed E-state index contributed by atoms with van der Waals surface area (Å²) in [4.78, 5) is 17.8. The monoisotopic (exact) mass is 233 g/mol. The minimum absolute atomic E-state index is 0.0505. The maximum atomic E-state index is 11.6. The van der Waals surface area contributed by atoms with Crippen molar-refractivity contribution >= 4 is 5.91 Å². The Hall–Kier alpha value is -1.58. The Morgan fingerprint density at radius 1 is 1.71 bits per heavy atom. The number of hydrogen-bond donors (Lipinski definition) is 0. The van der Waals surface area contributed by atoms with Crippen LogP contribution in [0.1, 0.15) is 18.7 Å². The van der Waals surface area contributed by atoms with Crippen LogP contribution in [-0.2, 0) is 18.3 Å². The molecule has 0 radical (unpaired) electrons. The van der Waals surface area contributed by atoms with E-state index in [0.29, 0.717) is 5.92 Å². The molecule has 0 unspecified atom stereocenters. The highest BCUT2D eigenvalue weighted by molar-refractivity contribution is 5.87. The predicted molar refractivity (Wildman–Crippen MR) is 66.4 cm³/mol. The molecule has 0 spiro atoms. The number of aryl methyl sites for hydroxylation is 1. The van der Waals surface area contributed by atoms with Gasteiger partial charge in [-0.05, 0) is 24.8 Å². The van der Waals surface area contributed by atoms with Gasteiger partial charge in [0.1, 0.15) is 5.82 Å². The number of piperidine rings is 1. The maximum Gasteiger partial charge on any atom is 0.245 e. The van der Waals surface area contributed by atoms with Crippen LogP contribution in [0.3, 0.4) is 0 Å². The first-order valence-corrected chi connectivity index (χ1v) is 6.08. The smallest absolute Gasteiger partial charge is 0.245 e. The first-order chi connectivity index (χ1) is 8.20. The first-order valence-electron chi connectivity index (χ1n) is 6.08. The second-order valence-electron chi connectivity index (χ2n) is 4.66. The Kier molecular flexibility index (Phi) is 3.61. The summed E-state index contributed by atoms with van der Waals surface area (Å²) < 4.78 is 2.05. The average Bonchev–Trinajstić information content (AvgIpc) is 2.74. The Morgan fingerprint density at radius 3 is 3.18 bits per heavy atom.